The molecule has 0 heterocycles. The number of halogens is 1. The Morgan fingerprint density at radius 2 is 1.83 bits per heavy atom. The van der Waals surface area contributed by atoms with Crippen LogP contribution < -0.4 is 9.47 Å². The molecule has 2 aromatic carbocycles. The largest absolute Gasteiger partial charge is 0.496 e. The van der Waals surface area contributed by atoms with Gasteiger partial charge in [-0.25, -0.2) is 13.2 Å². The maximum absolute atomic E-state index is 12.7. The number of nitrogens with zero attached hydrogens (tertiary/aromatic N) is 2. The van der Waals surface area contributed by atoms with Crippen LogP contribution >= 0.6 is 11.6 Å². The summed E-state index contributed by atoms with van der Waals surface area (Å²) in [6.07, 6.45) is 0. The minimum Gasteiger partial charge on any atom is -0.496 e. The molecule has 2 aromatic rings. The van der Waals surface area contributed by atoms with E-state index in [4.69, 9.17) is 21.1 Å². The molecule has 0 atom stereocenters. The van der Waals surface area contributed by atoms with Crippen molar-refractivity contribution < 1.29 is 27.6 Å². The monoisotopic (exact) mass is 442 g/mol. The molecule has 156 valence electrons. The summed E-state index contributed by atoms with van der Waals surface area (Å²) < 4.78 is 36.6. The summed E-state index contributed by atoms with van der Waals surface area (Å²) in [5.41, 5.74) is -0.717. The van der Waals surface area contributed by atoms with Crippen LogP contribution in [0.3, 0.4) is 0 Å². The van der Waals surface area contributed by atoms with Gasteiger partial charge in [-0.05, 0) is 30.3 Å². The smallest absolute Gasteiger partial charge is 0.345 e. The second kappa shape index (κ2) is 9.21. The van der Waals surface area contributed by atoms with E-state index in [1.807, 2.05) is 0 Å². The van der Waals surface area contributed by atoms with Crippen molar-refractivity contribution in [3.8, 4) is 11.5 Å². The molecule has 0 unspecified atom stereocenters. The van der Waals surface area contributed by atoms with Gasteiger partial charge in [0.2, 0.25) is 15.8 Å². The number of methoxy groups -OCH3 is 1. The SMILES string of the molecule is CCN(CC)S(=O)(=O)c1ccc(Cl)c(C(=O)Oc2ccc(OC)cc2[N+](=O)[O-])c1. The first-order valence-corrected chi connectivity index (χ1v) is 10.3. The quantitative estimate of drug-likeness (QED) is 0.266. The zero-order chi connectivity index (χ0) is 21.8. The predicted octanol–water partition coefficient (Wildman–Crippen LogP) is 3.51. The molecule has 0 aliphatic rings. The molecule has 0 amide bonds. The van der Waals surface area contributed by atoms with Crippen molar-refractivity contribution in [2.75, 3.05) is 20.2 Å². The van der Waals surface area contributed by atoms with Gasteiger partial charge in [-0.2, -0.15) is 4.31 Å². The van der Waals surface area contributed by atoms with E-state index in [1.165, 1.54) is 35.7 Å². The predicted molar refractivity (Wildman–Crippen MR) is 106 cm³/mol. The summed E-state index contributed by atoms with van der Waals surface area (Å²) in [7, 11) is -2.50. The van der Waals surface area contributed by atoms with Crippen molar-refractivity contribution in [2.24, 2.45) is 0 Å². The van der Waals surface area contributed by atoms with E-state index in [0.717, 1.165) is 12.1 Å². The van der Waals surface area contributed by atoms with Crippen LogP contribution in [0.4, 0.5) is 5.69 Å². The number of rotatable bonds is 8. The Morgan fingerprint density at radius 1 is 1.17 bits per heavy atom. The van der Waals surface area contributed by atoms with Gasteiger partial charge >= 0.3 is 11.7 Å². The summed E-state index contributed by atoms with van der Waals surface area (Å²) in [4.78, 5) is 23.0. The van der Waals surface area contributed by atoms with Crippen molar-refractivity contribution in [3.63, 3.8) is 0 Å². The van der Waals surface area contributed by atoms with Crippen LogP contribution in [0.1, 0.15) is 24.2 Å². The lowest BCUT2D eigenvalue weighted by Crippen LogP contribution is -2.30. The van der Waals surface area contributed by atoms with E-state index in [1.54, 1.807) is 13.8 Å². The molecule has 0 saturated heterocycles. The summed E-state index contributed by atoms with van der Waals surface area (Å²) in [5, 5.41) is 11.2. The topological polar surface area (TPSA) is 116 Å². The zero-order valence-electron chi connectivity index (χ0n) is 15.9. The highest BCUT2D eigenvalue weighted by Crippen LogP contribution is 2.32. The van der Waals surface area contributed by atoms with Gasteiger partial charge in [0.05, 0.1) is 33.6 Å². The van der Waals surface area contributed by atoms with Crippen molar-refractivity contribution in [1.82, 2.24) is 4.31 Å². The second-order valence-electron chi connectivity index (χ2n) is 5.71. The average Bonchev–Trinajstić information content (AvgIpc) is 2.68. The van der Waals surface area contributed by atoms with E-state index in [9.17, 15) is 23.3 Å². The van der Waals surface area contributed by atoms with Crippen LogP contribution in [0.25, 0.3) is 0 Å². The molecule has 0 aliphatic carbocycles. The number of carbonyl (C=O) groups excluding carboxylic acids is 1. The van der Waals surface area contributed by atoms with Crippen LogP contribution in [0.5, 0.6) is 11.5 Å². The van der Waals surface area contributed by atoms with E-state index in [0.29, 0.717) is 0 Å². The molecule has 0 aliphatic heterocycles. The molecule has 0 spiro atoms. The fourth-order valence-electron chi connectivity index (χ4n) is 2.54. The van der Waals surface area contributed by atoms with Gasteiger partial charge in [-0.1, -0.05) is 25.4 Å². The summed E-state index contributed by atoms with van der Waals surface area (Å²) in [6, 6.07) is 7.33. The lowest BCUT2D eigenvalue weighted by Gasteiger charge is -2.19. The molecule has 0 aromatic heterocycles. The van der Waals surface area contributed by atoms with Crippen molar-refractivity contribution >= 4 is 33.3 Å². The molecular weight excluding hydrogens is 424 g/mol. The highest BCUT2D eigenvalue weighted by Gasteiger charge is 2.26. The molecular formula is C18H19ClN2O7S. The van der Waals surface area contributed by atoms with Crippen LogP contribution in [0, 0.1) is 10.1 Å². The molecule has 11 heteroatoms. The van der Waals surface area contributed by atoms with Gasteiger partial charge in [0.1, 0.15) is 5.75 Å². The minimum absolute atomic E-state index is 0.0512. The first kappa shape index (κ1) is 22.6. The Morgan fingerprint density at radius 3 is 2.38 bits per heavy atom. The van der Waals surface area contributed by atoms with Crippen LogP contribution in [0.2, 0.25) is 5.02 Å². The standard InChI is InChI=1S/C18H19ClN2O7S/c1-4-20(5-2)29(25,26)13-7-8-15(19)14(11-13)18(22)28-17-9-6-12(27-3)10-16(17)21(23)24/h6-11H,4-5H2,1-3H3. The number of ether oxygens (including phenoxy) is 2. The van der Waals surface area contributed by atoms with E-state index < -0.39 is 26.6 Å². The van der Waals surface area contributed by atoms with Crippen molar-refractivity contribution in [2.45, 2.75) is 18.7 Å². The van der Waals surface area contributed by atoms with E-state index >= 15 is 0 Å². The van der Waals surface area contributed by atoms with Gasteiger partial charge in [0, 0.05) is 13.1 Å². The Kier molecular flexibility index (Phi) is 7.17. The third-order valence-electron chi connectivity index (χ3n) is 4.07. The normalized spacial score (nSPS) is 11.3. The van der Waals surface area contributed by atoms with E-state index in [-0.39, 0.29) is 40.1 Å². The lowest BCUT2D eigenvalue weighted by atomic mass is 10.2. The Labute approximate surface area is 173 Å². The minimum atomic E-state index is -3.84. The van der Waals surface area contributed by atoms with Crippen molar-refractivity contribution in [1.29, 1.82) is 0 Å². The van der Waals surface area contributed by atoms with E-state index in [2.05, 4.69) is 0 Å². The van der Waals surface area contributed by atoms with Gasteiger partial charge in [-0.3, -0.25) is 10.1 Å². The Bertz CT molecular complexity index is 1040. The average molecular weight is 443 g/mol. The molecule has 0 N–H and O–H groups in total. The number of benzene rings is 2. The third-order valence-corrected chi connectivity index (χ3v) is 6.44. The number of carbonyl (C=O) groups is 1. The molecule has 0 fully saturated rings. The fraction of sp³-hybridized carbons (Fsp3) is 0.278. The Balaban J connectivity index is 2.44. The fourth-order valence-corrected chi connectivity index (χ4v) is 4.22. The molecule has 0 saturated carbocycles. The summed E-state index contributed by atoms with van der Waals surface area (Å²) in [6.45, 7) is 3.88. The maximum atomic E-state index is 12.7. The number of hydrogen-bond donors (Lipinski definition) is 0. The van der Waals surface area contributed by atoms with Gasteiger partial charge in [-0.15, -0.1) is 0 Å². The van der Waals surface area contributed by atoms with Gasteiger partial charge in [0.25, 0.3) is 0 Å². The molecule has 0 radical (unpaired) electrons. The first-order valence-electron chi connectivity index (χ1n) is 8.50. The first-order chi connectivity index (χ1) is 13.6. The number of esters is 1. The number of sulfonamides is 1. The number of nitro groups is 1. The van der Waals surface area contributed by atoms with Gasteiger partial charge < -0.3 is 9.47 Å². The molecule has 2 rings (SSSR count). The number of nitro benzene ring substituents is 1. The molecule has 9 nitrogen and oxygen atoms in total. The highest BCUT2D eigenvalue weighted by atomic mass is 35.5. The lowest BCUT2D eigenvalue weighted by molar-refractivity contribution is -0.385. The summed E-state index contributed by atoms with van der Waals surface area (Å²) >= 11 is 6.04. The van der Waals surface area contributed by atoms with Gasteiger partial charge in [0.15, 0.2) is 0 Å². The summed E-state index contributed by atoms with van der Waals surface area (Å²) in [5.74, 6) is -1.14. The third kappa shape index (κ3) is 4.84. The Hall–Kier alpha value is -2.69. The van der Waals surface area contributed by atoms with Crippen LogP contribution in [0.15, 0.2) is 41.3 Å². The number of hydrogen-bond acceptors (Lipinski definition) is 7. The second-order valence-corrected chi connectivity index (χ2v) is 8.06. The maximum Gasteiger partial charge on any atom is 0.345 e. The molecule has 29 heavy (non-hydrogen) atoms. The highest BCUT2D eigenvalue weighted by molar-refractivity contribution is 7.89. The van der Waals surface area contributed by atoms with Crippen LogP contribution in [-0.2, 0) is 10.0 Å². The van der Waals surface area contributed by atoms with Crippen molar-refractivity contribution in [3.05, 3.63) is 57.1 Å². The van der Waals surface area contributed by atoms with Crippen LogP contribution in [-0.4, -0.2) is 43.8 Å². The molecule has 0 bridgehead atoms. The zero-order valence-corrected chi connectivity index (χ0v) is 17.5.